The molecule has 1 unspecified atom stereocenters. The van der Waals surface area contributed by atoms with Gasteiger partial charge in [-0.05, 0) is 30.9 Å². The Hall–Kier alpha value is -0.910. The Kier molecular flexibility index (Phi) is 8.68. The number of unbranched alkanes of at least 4 members (excludes halogenated alkanes) is 5. The maximum absolute atomic E-state index is 10.8. The topological polar surface area (TPSA) is 63.6 Å². The highest BCUT2D eigenvalue weighted by Gasteiger charge is 2.14. The van der Waals surface area contributed by atoms with Gasteiger partial charge in [-0.3, -0.25) is 4.55 Å². The second kappa shape index (κ2) is 9.98. The molecule has 1 aromatic carbocycles. The van der Waals surface area contributed by atoms with Crippen molar-refractivity contribution in [2.24, 2.45) is 0 Å². The van der Waals surface area contributed by atoms with Crippen molar-refractivity contribution in [3.05, 3.63) is 35.4 Å². The monoisotopic (exact) mass is 328 g/mol. The number of benzene rings is 1. The second-order valence-electron chi connectivity index (χ2n) is 5.73. The van der Waals surface area contributed by atoms with Crippen LogP contribution in [0, 0.1) is 0 Å². The van der Waals surface area contributed by atoms with E-state index in [4.69, 9.17) is 9.29 Å². The highest BCUT2D eigenvalue weighted by atomic mass is 32.2. The lowest BCUT2D eigenvalue weighted by Crippen LogP contribution is -2.12. The summed E-state index contributed by atoms with van der Waals surface area (Å²) in [5.41, 5.74) is 2.19. The van der Waals surface area contributed by atoms with E-state index in [0.29, 0.717) is 0 Å². The van der Waals surface area contributed by atoms with E-state index in [1.807, 2.05) is 25.1 Å². The van der Waals surface area contributed by atoms with E-state index in [0.717, 1.165) is 18.4 Å². The Labute approximate surface area is 134 Å². The van der Waals surface area contributed by atoms with Crippen molar-refractivity contribution in [3.8, 4) is 0 Å². The number of ether oxygens (including phenoxy) is 1. The van der Waals surface area contributed by atoms with Crippen molar-refractivity contribution in [2.75, 3.05) is 5.94 Å². The summed E-state index contributed by atoms with van der Waals surface area (Å²) >= 11 is 0. The van der Waals surface area contributed by atoms with Gasteiger partial charge in [-0.15, -0.1) is 0 Å². The summed E-state index contributed by atoms with van der Waals surface area (Å²) in [5.74, 6) is -0.667. The van der Waals surface area contributed by atoms with Crippen LogP contribution in [0.25, 0.3) is 0 Å². The molecule has 0 aliphatic rings. The third kappa shape index (κ3) is 7.92. The van der Waals surface area contributed by atoms with Gasteiger partial charge in [0.25, 0.3) is 10.1 Å². The molecule has 0 aliphatic carbocycles. The van der Waals surface area contributed by atoms with E-state index < -0.39 is 16.1 Å². The fraction of sp³-hybridized carbons (Fsp3) is 0.647. The quantitative estimate of drug-likeness (QED) is 0.479. The minimum Gasteiger partial charge on any atom is -0.355 e. The molecule has 0 amide bonds. The van der Waals surface area contributed by atoms with Gasteiger partial charge in [-0.25, -0.2) is 0 Å². The van der Waals surface area contributed by atoms with Crippen LogP contribution in [0.15, 0.2) is 24.3 Å². The molecular formula is C17H28O4S. The minimum atomic E-state index is -4.09. The molecule has 0 bridgehead atoms. The Balaban J connectivity index is 2.50. The van der Waals surface area contributed by atoms with Gasteiger partial charge in [0.05, 0.1) is 6.10 Å². The van der Waals surface area contributed by atoms with E-state index >= 15 is 0 Å². The Bertz CT molecular complexity index is 525. The van der Waals surface area contributed by atoms with Crippen LogP contribution < -0.4 is 0 Å². The molecule has 0 aliphatic heterocycles. The molecule has 1 atom stereocenters. The first-order valence-electron chi connectivity index (χ1n) is 8.08. The summed E-state index contributed by atoms with van der Waals surface area (Å²) in [4.78, 5) is 0. The predicted octanol–water partition coefficient (Wildman–Crippen LogP) is 4.51. The molecule has 0 aromatic heterocycles. The number of aryl methyl sites for hydroxylation is 1. The zero-order valence-electron chi connectivity index (χ0n) is 13.6. The van der Waals surface area contributed by atoms with Crippen LogP contribution in [0.4, 0.5) is 0 Å². The van der Waals surface area contributed by atoms with Crippen molar-refractivity contribution in [1.29, 1.82) is 0 Å². The van der Waals surface area contributed by atoms with Gasteiger partial charge in [-0.1, -0.05) is 63.3 Å². The van der Waals surface area contributed by atoms with Gasteiger partial charge in [0, 0.05) is 0 Å². The minimum absolute atomic E-state index is 0.349. The highest BCUT2D eigenvalue weighted by molar-refractivity contribution is 7.85. The number of hydrogen-bond donors (Lipinski definition) is 1. The molecule has 5 heteroatoms. The van der Waals surface area contributed by atoms with Crippen LogP contribution in [0.2, 0.25) is 0 Å². The highest BCUT2D eigenvalue weighted by Crippen LogP contribution is 2.23. The molecule has 22 heavy (non-hydrogen) atoms. The summed E-state index contributed by atoms with van der Waals surface area (Å²) in [6.45, 7) is 4.02. The average Bonchev–Trinajstić information content (AvgIpc) is 2.48. The molecule has 1 rings (SSSR count). The summed E-state index contributed by atoms with van der Waals surface area (Å²) in [6.07, 6.45) is 8.10. The first-order valence-corrected chi connectivity index (χ1v) is 9.69. The smallest absolute Gasteiger partial charge is 0.289 e. The van der Waals surface area contributed by atoms with Gasteiger partial charge in [0.15, 0.2) is 5.94 Å². The van der Waals surface area contributed by atoms with Crippen molar-refractivity contribution in [1.82, 2.24) is 0 Å². The molecule has 0 saturated heterocycles. The van der Waals surface area contributed by atoms with Gasteiger partial charge < -0.3 is 4.74 Å². The lowest BCUT2D eigenvalue weighted by Gasteiger charge is -2.16. The van der Waals surface area contributed by atoms with Crippen LogP contribution in [-0.2, 0) is 21.3 Å². The Morgan fingerprint density at radius 3 is 2.41 bits per heavy atom. The van der Waals surface area contributed by atoms with Crippen molar-refractivity contribution in [2.45, 2.75) is 64.9 Å². The van der Waals surface area contributed by atoms with Crippen molar-refractivity contribution in [3.63, 3.8) is 0 Å². The fourth-order valence-electron chi connectivity index (χ4n) is 2.53. The molecule has 0 spiro atoms. The van der Waals surface area contributed by atoms with E-state index in [9.17, 15) is 8.42 Å². The molecule has 126 valence electrons. The van der Waals surface area contributed by atoms with Crippen molar-refractivity contribution < 1.29 is 17.7 Å². The Morgan fingerprint density at radius 1 is 1.09 bits per heavy atom. The van der Waals surface area contributed by atoms with Gasteiger partial charge in [0.1, 0.15) is 0 Å². The zero-order chi connectivity index (χ0) is 16.4. The van der Waals surface area contributed by atoms with Gasteiger partial charge in [0.2, 0.25) is 0 Å². The fourth-order valence-corrected chi connectivity index (χ4v) is 2.91. The normalized spacial score (nSPS) is 13.2. The molecule has 1 aromatic rings. The van der Waals surface area contributed by atoms with Gasteiger partial charge in [-0.2, -0.15) is 8.42 Å². The molecule has 4 nitrogen and oxygen atoms in total. The van der Waals surface area contributed by atoms with E-state index in [2.05, 4.69) is 13.0 Å². The standard InChI is InChI=1S/C17H28O4S/c1-3-4-5-6-7-8-11-16-12-9-10-13-17(16)15(2)21-14-22(18,19)20/h9-10,12-13,15H,3-8,11,14H2,1-2H3,(H,18,19,20). The van der Waals surface area contributed by atoms with E-state index in [1.54, 1.807) is 0 Å². The summed E-state index contributed by atoms with van der Waals surface area (Å²) < 4.78 is 35.6. The first kappa shape index (κ1) is 19.1. The van der Waals surface area contributed by atoms with Gasteiger partial charge >= 0.3 is 0 Å². The molecule has 0 radical (unpaired) electrons. The number of hydrogen-bond acceptors (Lipinski definition) is 3. The molecule has 0 heterocycles. The lowest BCUT2D eigenvalue weighted by atomic mass is 9.98. The second-order valence-corrected chi connectivity index (χ2v) is 7.12. The predicted molar refractivity (Wildman–Crippen MR) is 89.4 cm³/mol. The van der Waals surface area contributed by atoms with E-state index in [1.165, 1.54) is 37.7 Å². The molecular weight excluding hydrogens is 300 g/mol. The van der Waals surface area contributed by atoms with Crippen LogP contribution in [0.1, 0.15) is 69.6 Å². The first-order chi connectivity index (χ1) is 10.4. The SMILES string of the molecule is CCCCCCCCc1ccccc1C(C)OCS(=O)(=O)O. The van der Waals surface area contributed by atoms with Crippen molar-refractivity contribution >= 4 is 10.1 Å². The number of rotatable bonds is 11. The molecule has 0 saturated carbocycles. The summed E-state index contributed by atoms with van der Waals surface area (Å²) in [6, 6.07) is 7.94. The van der Waals surface area contributed by atoms with Crippen LogP contribution in [-0.4, -0.2) is 18.9 Å². The molecule has 0 fully saturated rings. The third-order valence-electron chi connectivity index (χ3n) is 3.76. The third-order valence-corrected chi connectivity index (χ3v) is 4.19. The van der Waals surface area contributed by atoms with Crippen LogP contribution >= 0.6 is 0 Å². The zero-order valence-corrected chi connectivity index (χ0v) is 14.4. The van der Waals surface area contributed by atoms with Crippen LogP contribution in [0.5, 0.6) is 0 Å². The largest absolute Gasteiger partial charge is 0.355 e. The van der Waals surface area contributed by atoms with Crippen LogP contribution in [0.3, 0.4) is 0 Å². The summed E-state index contributed by atoms with van der Waals surface area (Å²) in [5, 5.41) is 0. The maximum Gasteiger partial charge on any atom is 0.289 e. The molecule has 1 N–H and O–H groups in total. The Morgan fingerprint density at radius 2 is 1.73 bits per heavy atom. The van der Waals surface area contributed by atoms with E-state index in [-0.39, 0.29) is 6.10 Å². The maximum atomic E-state index is 10.8. The average molecular weight is 328 g/mol. The summed E-state index contributed by atoms with van der Waals surface area (Å²) in [7, 11) is -4.09. The lowest BCUT2D eigenvalue weighted by molar-refractivity contribution is 0.0965.